The molecule has 2 rings (SSSR count). The van der Waals surface area contributed by atoms with Gasteiger partial charge >= 0.3 is 0 Å². The number of Topliss-reactive ketones (excluding diaryl/α,β-unsaturated/α-hetero) is 1. The lowest BCUT2D eigenvalue weighted by Gasteiger charge is -2.36. The van der Waals surface area contributed by atoms with Gasteiger partial charge in [-0.25, -0.2) is 0 Å². The van der Waals surface area contributed by atoms with Gasteiger partial charge in [0.15, 0.2) is 12.1 Å². The summed E-state index contributed by atoms with van der Waals surface area (Å²) in [5.74, 6) is -0.405. The summed E-state index contributed by atoms with van der Waals surface area (Å²) in [7, 11) is 1.44. The van der Waals surface area contributed by atoms with Gasteiger partial charge in [0, 0.05) is 19.6 Å². The number of amides is 1. The van der Waals surface area contributed by atoms with E-state index in [0.717, 1.165) is 12.0 Å². The summed E-state index contributed by atoms with van der Waals surface area (Å²) >= 11 is 12.1. The van der Waals surface area contributed by atoms with Gasteiger partial charge < -0.3 is 19.9 Å². The fraction of sp³-hybridized carbons (Fsp3) is 0.667. The van der Waals surface area contributed by atoms with Crippen LogP contribution in [0.4, 0.5) is 0 Å². The van der Waals surface area contributed by atoms with Crippen molar-refractivity contribution in [2.45, 2.75) is 88.7 Å². The summed E-state index contributed by atoms with van der Waals surface area (Å²) in [6.07, 6.45) is 10.9. The average molecular weight is 488 g/mol. The summed E-state index contributed by atoms with van der Waals surface area (Å²) in [5.41, 5.74) is -0.283. The summed E-state index contributed by atoms with van der Waals surface area (Å²) < 4.78 is 11.2. The molecule has 2 N–H and O–H groups in total. The van der Waals surface area contributed by atoms with Crippen LogP contribution in [0.3, 0.4) is 0 Å². The van der Waals surface area contributed by atoms with E-state index < -0.39 is 35.2 Å². The number of rotatable bonds is 10. The number of hydrogen-bond acceptors (Lipinski definition) is 5. The van der Waals surface area contributed by atoms with E-state index in [0.29, 0.717) is 5.92 Å². The SMILES string of the molecule is CCCCCCC(C)/C=C(C)/C=C/C(=O)N[C@H]1C[C@]2(C=C(Cl)C(=O)[C@H](Cl)C2O)O[C@H]1OC. The molecule has 180 valence electrons. The number of nitrogens with one attached hydrogen (secondary N) is 1. The Morgan fingerprint density at radius 2 is 2.12 bits per heavy atom. The molecule has 2 aliphatic rings. The van der Waals surface area contributed by atoms with Gasteiger partial charge in [-0.3, -0.25) is 9.59 Å². The van der Waals surface area contributed by atoms with Crippen molar-refractivity contribution < 1.29 is 24.2 Å². The summed E-state index contributed by atoms with van der Waals surface area (Å²) in [6.45, 7) is 6.36. The first kappa shape index (κ1) is 27.1. The maximum absolute atomic E-state index is 12.5. The maximum atomic E-state index is 12.5. The van der Waals surface area contributed by atoms with Gasteiger partial charge in [-0.15, -0.1) is 11.6 Å². The zero-order valence-corrected chi connectivity index (χ0v) is 20.8. The van der Waals surface area contributed by atoms with E-state index >= 15 is 0 Å². The number of hydrogen-bond donors (Lipinski definition) is 2. The smallest absolute Gasteiger partial charge is 0.244 e. The Hall–Kier alpha value is -1.18. The lowest BCUT2D eigenvalue weighted by atomic mass is 9.83. The monoisotopic (exact) mass is 487 g/mol. The quantitative estimate of drug-likeness (QED) is 0.206. The van der Waals surface area contributed by atoms with Crippen molar-refractivity contribution in [1.82, 2.24) is 5.32 Å². The molecule has 0 radical (unpaired) electrons. The van der Waals surface area contributed by atoms with Gasteiger partial charge in [0.25, 0.3) is 0 Å². The Kier molecular flexibility index (Phi) is 10.4. The normalized spacial score (nSPS) is 31.9. The standard InChI is InChI=1S/C24H35Cl2NO5/c1-5-6-7-8-9-15(2)12-16(3)10-11-19(28)27-18-14-24(32-23(18)31-4)13-17(25)21(29)20(26)22(24)30/h10-13,15,18,20,22-23,30H,5-9,14H2,1-4H3,(H,27,28)/b11-10+,16-12+/t15?,18-,20-,22?,23+,24-/m0/s1. The highest BCUT2D eigenvalue weighted by Crippen LogP contribution is 2.42. The lowest BCUT2D eigenvalue weighted by Crippen LogP contribution is -2.52. The van der Waals surface area contributed by atoms with Crippen LogP contribution in [0.1, 0.15) is 59.3 Å². The Balaban J connectivity index is 1.97. The second-order valence-corrected chi connectivity index (χ2v) is 9.65. The predicted molar refractivity (Wildman–Crippen MR) is 127 cm³/mol. The Bertz CT molecular complexity index is 765. The molecule has 0 bridgehead atoms. The van der Waals surface area contributed by atoms with E-state index in [1.54, 1.807) is 6.08 Å². The number of methoxy groups -OCH3 is 1. The van der Waals surface area contributed by atoms with Gasteiger partial charge in [0.1, 0.15) is 17.1 Å². The second-order valence-electron chi connectivity index (χ2n) is 8.77. The van der Waals surface area contributed by atoms with Crippen molar-refractivity contribution >= 4 is 34.9 Å². The van der Waals surface area contributed by atoms with E-state index in [2.05, 4.69) is 25.2 Å². The molecule has 1 aliphatic heterocycles. The van der Waals surface area contributed by atoms with Crippen LogP contribution in [0.15, 0.2) is 34.9 Å². The number of alkyl halides is 1. The number of carbonyl (C=O) groups excluding carboxylic acids is 2. The molecule has 2 unspecified atom stereocenters. The number of halogens is 2. The molecule has 1 amide bonds. The van der Waals surface area contributed by atoms with Gasteiger partial charge in [0.05, 0.1) is 11.1 Å². The van der Waals surface area contributed by atoms with Crippen LogP contribution in [0.5, 0.6) is 0 Å². The molecule has 0 saturated carbocycles. The molecule has 0 aromatic carbocycles. The third-order valence-corrected chi connectivity index (χ3v) is 6.69. The maximum Gasteiger partial charge on any atom is 0.244 e. The van der Waals surface area contributed by atoms with Crippen molar-refractivity contribution in [1.29, 1.82) is 0 Å². The van der Waals surface area contributed by atoms with Gasteiger partial charge in [-0.2, -0.15) is 0 Å². The molecule has 1 aliphatic carbocycles. The summed E-state index contributed by atoms with van der Waals surface area (Å²) in [4.78, 5) is 24.4. The molecule has 0 aromatic rings. The third-order valence-electron chi connectivity index (χ3n) is 5.96. The number of aliphatic hydroxyl groups excluding tert-OH is 1. The molecule has 1 saturated heterocycles. The Morgan fingerprint density at radius 1 is 1.41 bits per heavy atom. The summed E-state index contributed by atoms with van der Waals surface area (Å²) in [6, 6.07) is -0.550. The van der Waals surface area contributed by atoms with Crippen LogP contribution < -0.4 is 5.32 Å². The molecule has 6 nitrogen and oxygen atoms in total. The number of ether oxygens (including phenoxy) is 2. The minimum Gasteiger partial charge on any atom is -0.388 e. The first-order valence-electron chi connectivity index (χ1n) is 11.3. The second kappa shape index (κ2) is 12.3. The predicted octanol–water partition coefficient (Wildman–Crippen LogP) is 4.39. The topological polar surface area (TPSA) is 84.9 Å². The molecule has 1 fully saturated rings. The van der Waals surface area contributed by atoms with Crippen molar-refractivity contribution in [2.24, 2.45) is 5.92 Å². The van der Waals surface area contributed by atoms with E-state index in [9.17, 15) is 14.7 Å². The molecule has 1 heterocycles. The molecule has 1 spiro atoms. The van der Waals surface area contributed by atoms with E-state index in [1.807, 2.05) is 6.92 Å². The molecule has 6 atom stereocenters. The summed E-state index contributed by atoms with van der Waals surface area (Å²) in [5, 5.41) is 12.1. The number of ketones is 1. The van der Waals surface area contributed by atoms with Gasteiger partial charge in [-0.1, -0.05) is 68.9 Å². The zero-order chi connectivity index (χ0) is 23.9. The number of carbonyl (C=O) groups is 2. The van der Waals surface area contributed by atoms with E-state index in [4.69, 9.17) is 32.7 Å². The Morgan fingerprint density at radius 3 is 2.78 bits per heavy atom. The fourth-order valence-corrected chi connectivity index (χ4v) is 4.90. The minimum atomic E-state index is -1.31. The average Bonchev–Trinajstić information content (AvgIpc) is 3.10. The highest BCUT2D eigenvalue weighted by atomic mass is 35.5. The highest BCUT2D eigenvalue weighted by molar-refractivity contribution is 6.49. The van der Waals surface area contributed by atoms with Crippen molar-refractivity contribution in [2.75, 3.05) is 7.11 Å². The first-order valence-corrected chi connectivity index (χ1v) is 12.1. The van der Waals surface area contributed by atoms with Crippen LogP contribution >= 0.6 is 23.2 Å². The Labute approximate surface area is 201 Å². The fourth-order valence-electron chi connectivity index (χ4n) is 4.21. The van der Waals surface area contributed by atoms with Crippen LogP contribution in [0.2, 0.25) is 0 Å². The van der Waals surface area contributed by atoms with Crippen LogP contribution in [-0.4, -0.2) is 53.3 Å². The molecular formula is C24H35Cl2NO5. The minimum absolute atomic E-state index is 0.0957. The van der Waals surface area contributed by atoms with Crippen LogP contribution in [0.25, 0.3) is 0 Å². The zero-order valence-electron chi connectivity index (χ0n) is 19.3. The lowest BCUT2D eigenvalue weighted by molar-refractivity contribution is -0.176. The van der Waals surface area contributed by atoms with E-state index in [1.165, 1.54) is 44.9 Å². The largest absolute Gasteiger partial charge is 0.388 e. The van der Waals surface area contributed by atoms with Crippen LogP contribution in [0, 0.1) is 5.92 Å². The third kappa shape index (κ3) is 6.91. The molecule has 8 heteroatoms. The van der Waals surface area contributed by atoms with Crippen molar-refractivity contribution in [3.05, 3.63) is 34.9 Å². The number of unbranched alkanes of at least 4 members (excludes halogenated alkanes) is 3. The first-order chi connectivity index (χ1) is 15.1. The van der Waals surface area contributed by atoms with Gasteiger partial charge in [0.2, 0.25) is 5.91 Å². The van der Waals surface area contributed by atoms with Crippen molar-refractivity contribution in [3.8, 4) is 0 Å². The number of allylic oxidation sites excluding steroid dienone is 4. The van der Waals surface area contributed by atoms with Crippen molar-refractivity contribution in [3.63, 3.8) is 0 Å². The molecular weight excluding hydrogens is 453 g/mol. The number of aliphatic hydroxyl groups is 1. The molecule has 32 heavy (non-hydrogen) atoms. The van der Waals surface area contributed by atoms with Gasteiger partial charge in [-0.05, 0) is 25.3 Å². The highest BCUT2D eigenvalue weighted by Gasteiger charge is 2.56. The molecule has 0 aromatic heterocycles. The van der Waals surface area contributed by atoms with Crippen LogP contribution in [-0.2, 0) is 19.1 Å². The van der Waals surface area contributed by atoms with E-state index in [-0.39, 0.29) is 17.4 Å².